The molecule has 1 N–H and O–H groups in total. The van der Waals surface area contributed by atoms with E-state index in [9.17, 15) is 9.18 Å². The molecule has 3 rings (SSSR count). The number of hydrogen-bond donors (Lipinski definition) is 1. The standard InChI is InChI=1S/C18H22ClFN2OS.C11H20N2S/c1-11(2)9-22-10-15(18(3,4)5)24-17(22)21-16(23)13-8-12(19)6-7-14(13)20;1-8(2)6-13-7-9(11(3,4)5)14-10(13)12/h6-8,10-11H,9H2,1-5H3;7-8,12H,6H2,1-5H3/b21-17-;. The first-order valence-corrected chi connectivity index (χ1v) is 14.9. The van der Waals surface area contributed by atoms with Crippen LogP contribution in [0, 0.1) is 23.1 Å². The maximum Gasteiger partial charge on any atom is 0.282 e. The molecule has 3 aromatic rings. The third-order valence-corrected chi connectivity index (χ3v) is 8.47. The number of carbonyl (C=O) groups excluding carboxylic acids is 1. The third kappa shape index (κ3) is 9.31. The van der Waals surface area contributed by atoms with E-state index in [1.54, 1.807) is 11.3 Å². The molecule has 1 amide bonds. The lowest BCUT2D eigenvalue weighted by Gasteiger charge is -2.14. The van der Waals surface area contributed by atoms with Gasteiger partial charge in [0.05, 0.1) is 5.56 Å². The molecule has 9 heteroatoms. The highest BCUT2D eigenvalue weighted by molar-refractivity contribution is 7.09. The smallest absolute Gasteiger partial charge is 0.282 e. The average molecular weight is 581 g/mol. The summed E-state index contributed by atoms with van der Waals surface area (Å²) in [5.74, 6) is -0.220. The molecule has 0 spiro atoms. The van der Waals surface area contributed by atoms with Crippen LogP contribution in [-0.4, -0.2) is 15.0 Å². The minimum Gasteiger partial charge on any atom is -0.324 e. The minimum absolute atomic E-state index is 0.0402. The molecule has 38 heavy (non-hydrogen) atoms. The van der Waals surface area contributed by atoms with Gasteiger partial charge in [0.1, 0.15) is 5.82 Å². The number of rotatable bonds is 5. The second-order valence-electron chi connectivity index (χ2n) is 12.4. The number of nitrogens with zero attached hydrogens (tertiary/aromatic N) is 3. The van der Waals surface area contributed by atoms with Crippen LogP contribution in [0.1, 0.15) is 89.3 Å². The zero-order valence-electron chi connectivity index (χ0n) is 24.3. The van der Waals surface area contributed by atoms with Crippen molar-refractivity contribution < 1.29 is 9.18 Å². The lowest BCUT2D eigenvalue weighted by Crippen LogP contribution is -2.19. The van der Waals surface area contributed by atoms with Gasteiger partial charge in [-0.2, -0.15) is 4.99 Å². The van der Waals surface area contributed by atoms with E-state index in [0.717, 1.165) is 18.0 Å². The summed E-state index contributed by atoms with van der Waals surface area (Å²) in [7, 11) is 0. The number of halogens is 2. The molecular formula is C29H42ClFN4OS2. The van der Waals surface area contributed by atoms with E-state index in [1.165, 1.54) is 34.4 Å². The number of carbonyl (C=O) groups is 1. The van der Waals surface area contributed by atoms with E-state index >= 15 is 0 Å². The van der Waals surface area contributed by atoms with Crippen molar-refractivity contribution >= 4 is 40.2 Å². The van der Waals surface area contributed by atoms with Crippen molar-refractivity contribution in [2.24, 2.45) is 16.8 Å². The fourth-order valence-electron chi connectivity index (χ4n) is 3.41. The Labute approximate surface area is 239 Å². The second-order valence-corrected chi connectivity index (χ2v) is 14.9. The number of benzene rings is 1. The molecule has 0 bridgehead atoms. The van der Waals surface area contributed by atoms with Gasteiger partial charge in [0, 0.05) is 40.3 Å². The molecule has 0 aliphatic heterocycles. The van der Waals surface area contributed by atoms with Gasteiger partial charge >= 0.3 is 0 Å². The van der Waals surface area contributed by atoms with Gasteiger partial charge in [0.15, 0.2) is 9.60 Å². The lowest BCUT2D eigenvalue weighted by molar-refractivity contribution is 0.0993. The summed E-state index contributed by atoms with van der Waals surface area (Å²) >= 11 is 8.92. The van der Waals surface area contributed by atoms with E-state index in [-0.39, 0.29) is 16.4 Å². The predicted octanol–water partition coefficient (Wildman–Crippen LogP) is 8.02. The topological polar surface area (TPSA) is 63.1 Å². The van der Waals surface area contributed by atoms with Crippen LogP contribution in [0.25, 0.3) is 0 Å². The van der Waals surface area contributed by atoms with Crippen molar-refractivity contribution in [3.8, 4) is 0 Å². The van der Waals surface area contributed by atoms with Crippen LogP contribution in [0.2, 0.25) is 5.02 Å². The van der Waals surface area contributed by atoms with Crippen LogP contribution >= 0.6 is 34.3 Å². The van der Waals surface area contributed by atoms with Crippen molar-refractivity contribution in [2.45, 2.75) is 93.2 Å². The molecule has 2 heterocycles. The Hall–Kier alpha value is -2.03. The molecule has 0 saturated carbocycles. The maximum absolute atomic E-state index is 13.9. The van der Waals surface area contributed by atoms with E-state index in [1.807, 2.05) is 10.8 Å². The molecular weight excluding hydrogens is 539 g/mol. The summed E-state index contributed by atoms with van der Waals surface area (Å²) in [5, 5.41) is 8.16. The van der Waals surface area contributed by atoms with Gasteiger partial charge in [-0.1, -0.05) is 80.8 Å². The van der Waals surface area contributed by atoms with Crippen molar-refractivity contribution in [1.82, 2.24) is 9.13 Å². The molecule has 0 saturated heterocycles. The minimum atomic E-state index is -0.616. The molecule has 0 unspecified atom stereocenters. The number of hydrogen-bond acceptors (Lipinski definition) is 4. The number of thiazole rings is 2. The highest BCUT2D eigenvalue weighted by Gasteiger charge is 2.20. The Bertz CT molecular complexity index is 1360. The summed E-state index contributed by atoms with van der Waals surface area (Å²) in [6.45, 7) is 23.2. The summed E-state index contributed by atoms with van der Waals surface area (Å²) < 4.78 is 17.9. The van der Waals surface area contributed by atoms with Crippen molar-refractivity contribution in [3.63, 3.8) is 0 Å². The molecule has 0 fully saturated rings. The molecule has 0 aliphatic carbocycles. The molecule has 0 atom stereocenters. The number of nitrogens with one attached hydrogen (secondary N) is 1. The third-order valence-electron chi connectivity index (χ3n) is 5.42. The van der Waals surface area contributed by atoms with Crippen LogP contribution in [0.3, 0.4) is 0 Å². The van der Waals surface area contributed by atoms with Gasteiger partial charge in [-0.3, -0.25) is 10.2 Å². The van der Waals surface area contributed by atoms with Crippen LogP contribution in [-0.2, 0) is 23.9 Å². The fraction of sp³-hybridized carbons (Fsp3) is 0.552. The van der Waals surface area contributed by atoms with Crippen LogP contribution in [0.5, 0.6) is 0 Å². The monoisotopic (exact) mass is 580 g/mol. The summed E-state index contributed by atoms with van der Waals surface area (Å²) in [6.07, 6.45) is 4.16. The normalized spacial score (nSPS) is 12.7. The highest BCUT2D eigenvalue weighted by Crippen LogP contribution is 2.25. The summed E-state index contributed by atoms with van der Waals surface area (Å²) in [6, 6.07) is 3.91. The van der Waals surface area contributed by atoms with Crippen LogP contribution in [0.4, 0.5) is 4.39 Å². The van der Waals surface area contributed by atoms with E-state index in [0.29, 0.717) is 26.5 Å². The summed E-state index contributed by atoms with van der Waals surface area (Å²) in [4.78, 5) is 20.2. The maximum atomic E-state index is 13.9. The van der Waals surface area contributed by atoms with E-state index in [2.05, 4.69) is 85.0 Å². The zero-order valence-corrected chi connectivity index (χ0v) is 26.7. The Morgan fingerprint density at radius 1 is 0.947 bits per heavy atom. The van der Waals surface area contributed by atoms with Gasteiger partial charge in [0.2, 0.25) is 0 Å². The number of aromatic nitrogens is 2. The molecule has 0 radical (unpaired) electrons. The van der Waals surface area contributed by atoms with Gasteiger partial charge in [-0.15, -0.1) is 22.7 Å². The van der Waals surface area contributed by atoms with E-state index < -0.39 is 11.7 Å². The van der Waals surface area contributed by atoms with Crippen molar-refractivity contribution in [3.05, 3.63) is 66.4 Å². The lowest BCUT2D eigenvalue weighted by atomic mass is 9.95. The average Bonchev–Trinajstić information content (AvgIpc) is 3.33. The van der Waals surface area contributed by atoms with Gasteiger partial charge in [0.25, 0.3) is 5.91 Å². The Morgan fingerprint density at radius 3 is 1.95 bits per heavy atom. The molecule has 210 valence electrons. The number of amides is 1. The zero-order chi connectivity index (χ0) is 29.0. The van der Waals surface area contributed by atoms with Crippen LogP contribution in [0.15, 0.2) is 35.6 Å². The first-order chi connectivity index (χ1) is 17.4. The fourth-order valence-corrected chi connectivity index (χ4v) is 5.58. The summed E-state index contributed by atoms with van der Waals surface area (Å²) in [5.41, 5.74) is 0.0221. The highest BCUT2D eigenvalue weighted by atomic mass is 35.5. The first-order valence-electron chi connectivity index (χ1n) is 12.9. The van der Waals surface area contributed by atoms with Crippen molar-refractivity contribution in [2.75, 3.05) is 0 Å². The largest absolute Gasteiger partial charge is 0.324 e. The Kier molecular flexibility index (Phi) is 10.9. The van der Waals surface area contributed by atoms with E-state index in [4.69, 9.17) is 17.0 Å². The van der Waals surface area contributed by atoms with Gasteiger partial charge < -0.3 is 9.13 Å². The molecule has 1 aromatic carbocycles. The Morgan fingerprint density at radius 2 is 1.45 bits per heavy atom. The van der Waals surface area contributed by atoms with Crippen LogP contribution < -0.4 is 9.60 Å². The predicted molar refractivity (Wildman–Crippen MR) is 159 cm³/mol. The molecule has 2 aromatic heterocycles. The molecule has 0 aliphatic rings. The quantitative estimate of drug-likeness (QED) is 0.326. The molecule has 5 nitrogen and oxygen atoms in total. The first kappa shape index (κ1) is 32.2. The van der Waals surface area contributed by atoms with Gasteiger partial charge in [-0.25, -0.2) is 4.39 Å². The van der Waals surface area contributed by atoms with Gasteiger partial charge in [-0.05, 0) is 40.9 Å². The Balaban J connectivity index is 0.000000308. The SMILES string of the molecule is CC(C)Cn1cc(C(C)(C)C)s/c1=N\C(=O)c1cc(Cl)ccc1F.CC(C)Cn1cc(C(C)(C)C)sc1=N. The second kappa shape index (κ2) is 12.9. The van der Waals surface area contributed by atoms with Crippen molar-refractivity contribution in [1.29, 1.82) is 5.41 Å².